The molecule has 7 N–H and O–H groups in total. The summed E-state index contributed by atoms with van der Waals surface area (Å²) in [4.78, 5) is 21.3. The van der Waals surface area contributed by atoms with E-state index in [0.29, 0.717) is 5.69 Å². The number of ether oxygens (including phenoxy) is 1. The van der Waals surface area contributed by atoms with Gasteiger partial charge in [0, 0.05) is 23.4 Å². The average Bonchev–Trinajstić information content (AvgIpc) is 2.76. The summed E-state index contributed by atoms with van der Waals surface area (Å²) in [5.74, 6) is 9.77. The normalized spacial score (nSPS) is 10.1. The molecule has 0 aliphatic heterocycles. The van der Waals surface area contributed by atoms with Crippen LogP contribution in [0.3, 0.4) is 0 Å². The number of benzene rings is 2. The number of carbonyl (C=O) groups is 2. The Bertz CT molecular complexity index is 984. The number of carbonyl (C=O) groups excluding carboxylic acids is 1. The van der Waals surface area contributed by atoms with Crippen molar-refractivity contribution >= 4 is 24.7 Å². The maximum absolute atomic E-state index is 10.7. The third-order valence-corrected chi connectivity index (χ3v) is 3.66. The topological polar surface area (TPSA) is 148 Å². The van der Waals surface area contributed by atoms with Gasteiger partial charge in [-0.1, -0.05) is 11.8 Å². The van der Waals surface area contributed by atoms with Crippen LogP contribution in [0.1, 0.15) is 21.5 Å². The first-order chi connectivity index (χ1) is 14.7. The van der Waals surface area contributed by atoms with E-state index < -0.39 is 25.0 Å². The van der Waals surface area contributed by atoms with Crippen LogP contribution in [0.15, 0.2) is 48.5 Å². The van der Waals surface area contributed by atoms with Crippen molar-refractivity contribution in [2.45, 2.75) is 12.9 Å². The fraction of sp³-hybridized carbons (Fsp3) is 0.182. The van der Waals surface area contributed by atoms with Gasteiger partial charge in [0.1, 0.15) is 6.04 Å². The number of rotatable bonds is 5. The largest absolute Gasteiger partial charge is 0.478 e. The van der Waals surface area contributed by atoms with Gasteiger partial charge in [0.15, 0.2) is 0 Å². The van der Waals surface area contributed by atoms with Crippen molar-refractivity contribution in [1.82, 2.24) is 5.23 Å². The predicted molar refractivity (Wildman–Crippen MR) is 120 cm³/mol. The van der Waals surface area contributed by atoms with Crippen molar-refractivity contribution in [3.8, 4) is 23.7 Å². The summed E-state index contributed by atoms with van der Waals surface area (Å²) >= 11 is 0. The van der Waals surface area contributed by atoms with Gasteiger partial charge in [0.05, 0.1) is 12.7 Å². The Balaban J connectivity index is 0.000000373. The van der Waals surface area contributed by atoms with Crippen LogP contribution in [-0.4, -0.2) is 48.8 Å². The molecule has 9 heteroatoms. The number of nitrogen functional groups attached to an aromatic ring is 1. The van der Waals surface area contributed by atoms with Crippen LogP contribution >= 0.6 is 0 Å². The van der Waals surface area contributed by atoms with E-state index >= 15 is 0 Å². The summed E-state index contributed by atoms with van der Waals surface area (Å²) in [6.45, 7) is 1.76. The van der Waals surface area contributed by atoms with Crippen LogP contribution < -0.4 is 16.7 Å². The molecular formula is C22H24BN3O5. The minimum Gasteiger partial charge on any atom is -0.478 e. The van der Waals surface area contributed by atoms with E-state index in [1.54, 1.807) is 31.1 Å². The first-order valence-electron chi connectivity index (χ1n) is 9.18. The minimum absolute atomic E-state index is 0.213. The van der Waals surface area contributed by atoms with Crippen molar-refractivity contribution < 1.29 is 24.5 Å². The first kappa shape index (κ1) is 25.3. The van der Waals surface area contributed by atoms with Crippen LogP contribution in [0.5, 0.6) is 0 Å². The highest BCUT2D eigenvalue weighted by molar-refractivity contribution is 6.45. The van der Waals surface area contributed by atoms with E-state index in [1.165, 1.54) is 19.2 Å². The fourth-order valence-electron chi connectivity index (χ4n) is 2.00. The monoisotopic (exact) mass is 421 g/mol. The van der Waals surface area contributed by atoms with Gasteiger partial charge in [0.2, 0.25) is 0 Å². The zero-order valence-corrected chi connectivity index (χ0v) is 17.3. The van der Waals surface area contributed by atoms with Crippen LogP contribution in [0.2, 0.25) is 6.82 Å². The number of anilines is 1. The van der Waals surface area contributed by atoms with Crippen LogP contribution in [0.4, 0.5) is 5.69 Å². The molecule has 0 bridgehead atoms. The molecule has 0 spiro atoms. The van der Waals surface area contributed by atoms with E-state index in [0.717, 1.165) is 11.1 Å². The number of nitrogens with one attached hydrogen (secondary N) is 1. The number of hydrogen-bond acceptors (Lipinski definition) is 7. The van der Waals surface area contributed by atoms with Gasteiger partial charge in [-0.2, -0.15) is 0 Å². The second kappa shape index (κ2) is 13.5. The summed E-state index contributed by atoms with van der Waals surface area (Å²) < 4.78 is 4.36. The molecule has 0 radical (unpaired) electrons. The fourth-order valence-corrected chi connectivity index (χ4v) is 2.00. The molecule has 0 amide bonds. The molecular weight excluding hydrogens is 397 g/mol. The average molecular weight is 421 g/mol. The lowest BCUT2D eigenvalue weighted by Gasteiger charge is -2.09. The van der Waals surface area contributed by atoms with Crippen LogP contribution in [-0.2, 0) is 9.53 Å². The number of esters is 1. The summed E-state index contributed by atoms with van der Waals surface area (Å²) in [7, 11) is 0.607. The highest BCUT2D eigenvalue weighted by Gasteiger charge is 2.14. The Hall–Kier alpha value is -3.76. The van der Waals surface area contributed by atoms with E-state index in [2.05, 4.69) is 33.6 Å². The number of carboxylic acid groups (broad SMARTS) is 1. The number of hydrogen-bond donors (Lipinski definition) is 5. The maximum atomic E-state index is 10.7. The first-order valence-corrected chi connectivity index (χ1v) is 9.18. The van der Waals surface area contributed by atoms with Gasteiger partial charge >= 0.3 is 19.0 Å². The molecule has 0 heterocycles. The van der Waals surface area contributed by atoms with E-state index in [1.807, 2.05) is 12.1 Å². The molecule has 8 nitrogen and oxygen atoms in total. The van der Waals surface area contributed by atoms with Gasteiger partial charge in [-0.3, -0.25) is 4.79 Å². The van der Waals surface area contributed by atoms with Crippen molar-refractivity contribution in [1.29, 1.82) is 0 Å². The molecule has 2 rings (SSSR count). The maximum Gasteiger partial charge on any atom is 0.373 e. The quantitative estimate of drug-likeness (QED) is 0.204. The zero-order valence-electron chi connectivity index (χ0n) is 17.3. The summed E-state index contributed by atoms with van der Waals surface area (Å²) in [5, 5.41) is 20.1. The van der Waals surface area contributed by atoms with Gasteiger partial charge in [-0.05, 0) is 67.2 Å². The second-order valence-electron chi connectivity index (χ2n) is 6.22. The molecule has 0 saturated heterocycles. The second-order valence-corrected chi connectivity index (χ2v) is 6.22. The Kier molecular flexibility index (Phi) is 11.0. The number of aromatic carboxylic acids is 1. The summed E-state index contributed by atoms with van der Waals surface area (Å²) in [6, 6.07) is 12.8. The van der Waals surface area contributed by atoms with E-state index in [-0.39, 0.29) is 12.1 Å². The van der Waals surface area contributed by atoms with Crippen molar-refractivity contribution in [2.24, 2.45) is 5.73 Å². The van der Waals surface area contributed by atoms with Gasteiger partial charge < -0.3 is 31.6 Å². The van der Waals surface area contributed by atoms with Gasteiger partial charge in [0.25, 0.3) is 0 Å². The lowest BCUT2D eigenvalue weighted by atomic mass is 9.88. The van der Waals surface area contributed by atoms with Gasteiger partial charge in [-0.15, -0.1) is 0 Å². The van der Waals surface area contributed by atoms with Crippen LogP contribution in [0, 0.1) is 23.7 Å². The molecule has 31 heavy (non-hydrogen) atoms. The number of nitrogens with two attached hydrogens (primary N) is 2. The lowest BCUT2D eigenvalue weighted by molar-refractivity contribution is -0.141. The Morgan fingerprint density at radius 2 is 1.55 bits per heavy atom. The molecule has 2 aromatic carbocycles. The predicted octanol–water partition coefficient (Wildman–Crippen LogP) is 0.557. The molecule has 1 atom stereocenters. The Morgan fingerprint density at radius 3 is 1.97 bits per heavy atom. The highest BCUT2D eigenvalue weighted by Crippen LogP contribution is 2.04. The van der Waals surface area contributed by atoms with Crippen LogP contribution in [0.25, 0.3) is 0 Å². The molecule has 0 aromatic heterocycles. The molecule has 0 unspecified atom stereocenters. The summed E-state index contributed by atoms with van der Waals surface area (Å²) in [6.07, 6.45) is 0. The smallest absolute Gasteiger partial charge is 0.373 e. The van der Waals surface area contributed by atoms with Gasteiger partial charge in [-0.25, -0.2) is 4.79 Å². The molecule has 0 aliphatic carbocycles. The molecule has 0 aliphatic rings. The molecule has 2 aromatic rings. The third kappa shape index (κ3) is 10.5. The third-order valence-electron chi connectivity index (χ3n) is 3.66. The molecule has 0 saturated carbocycles. The molecule has 0 fully saturated rings. The Morgan fingerprint density at radius 1 is 1.06 bits per heavy atom. The standard InChI is InChI=1S/C17H11NO2.C5H13BN2O3/c18-16-11-7-14(8-12-16)4-2-1-3-13-5-9-15(10-6-13)17(19)20;1-6(10)8-3-4(7)5(9)11-2/h5-12H,18H2,(H,19,20);4,8,10H,3,7H2,1-2H3/t;4-/m.0/s1. The Labute approximate surface area is 181 Å². The van der Waals surface area contributed by atoms with Crippen molar-refractivity contribution in [3.05, 3.63) is 65.2 Å². The van der Waals surface area contributed by atoms with E-state index in [4.69, 9.17) is 21.6 Å². The summed E-state index contributed by atoms with van der Waals surface area (Å²) in [5.41, 5.74) is 13.4. The van der Waals surface area contributed by atoms with Crippen molar-refractivity contribution in [2.75, 3.05) is 19.4 Å². The van der Waals surface area contributed by atoms with Crippen molar-refractivity contribution in [3.63, 3.8) is 0 Å². The number of methoxy groups -OCH3 is 1. The molecule has 160 valence electrons. The SMILES string of the molecule is COC(=O)[C@@H](N)CNB(C)O.Nc1ccc(C#CC#Cc2ccc(C(=O)O)cc2)cc1. The lowest BCUT2D eigenvalue weighted by Crippen LogP contribution is -2.45. The minimum atomic E-state index is -0.951. The highest BCUT2D eigenvalue weighted by atomic mass is 16.5. The zero-order chi connectivity index (χ0) is 23.2. The number of carboxylic acids is 1. The van der Waals surface area contributed by atoms with E-state index in [9.17, 15) is 9.59 Å².